The molecule has 0 radical (unpaired) electrons. The number of thiophene rings is 1. The van der Waals surface area contributed by atoms with Gasteiger partial charge in [-0.2, -0.15) is 0 Å². The van der Waals surface area contributed by atoms with Crippen molar-refractivity contribution in [1.29, 1.82) is 0 Å². The summed E-state index contributed by atoms with van der Waals surface area (Å²) in [6, 6.07) is 10.4. The molecule has 0 aliphatic carbocycles. The van der Waals surface area contributed by atoms with E-state index in [1.807, 2.05) is 11.4 Å². The van der Waals surface area contributed by atoms with Crippen LogP contribution in [-0.4, -0.2) is 17.9 Å². The van der Waals surface area contributed by atoms with Gasteiger partial charge in [0.2, 0.25) is 5.91 Å². The number of nitrogens with one attached hydrogen (secondary N) is 2. The van der Waals surface area contributed by atoms with Crippen LogP contribution in [0.4, 0.5) is 11.4 Å². The third-order valence-electron chi connectivity index (χ3n) is 3.34. The van der Waals surface area contributed by atoms with Crippen LogP contribution in [0.3, 0.4) is 0 Å². The number of rotatable bonds is 5. The molecule has 2 aromatic rings. The molecule has 2 unspecified atom stereocenters. The predicted octanol–water partition coefficient (Wildman–Crippen LogP) is 2.92. The Bertz CT molecular complexity index is 653. The van der Waals surface area contributed by atoms with Crippen molar-refractivity contribution in [3.8, 4) is 0 Å². The Balaban J connectivity index is 2.04. The summed E-state index contributed by atoms with van der Waals surface area (Å²) in [5.41, 5.74) is 6.98. The largest absolute Gasteiger partial charge is 0.327 e. The number of anilines is 2. The number of nitrogens with two attached hydrogens (primary N) is 1. The van der Waals surface area contributed by atoms with Crippen LogP contribution in [0.5, 0.6) is 0 Å². The van der Waals surface area contributed by atoms with E-state index in [1.165, 1.54) is 11.3 Å². The van der Waals surface area contributed by atoms with Gasteiger partial charge in [-0.1, -0.05) is 19.1 Å². The van der Waals surface area contributed by atoms with E-state index >= 15 is 0 Å². The Labute approximate surface area is 133 Å². The summed E-state index contributed by atoms with van der Waals surface area (Å²) < 4.78 is 0. The van der Waals surface area contributed by atoms with Gasteiger partial charge in [-0.3, -0.25) is 9.59 Å². The fourth-order valence-corrected chi connectivity index (χ4v) is 2.39. The molecule has 2 rings (SSSR count). The highest BCUT2D eigenvalue weighted by atomic mass is 32.1. The van der Waals surface area contributed by atoms with Gasteiger partial charge in [-0.25, -0.2) is 0 Å². The summed E-state index contributed by atoms with van der Waals surface area (Å²) >= 11 is 1.38. The van der Waals surface area contributed by atoms with Gasteiger partial charge in [0, 0.05) is 17.4 Å². The molecule has 4 N–H and O–H groups in total. The van der Waals surface area contributed by atoms with E-state index in [-0.39, 0.29) is 23.8 Å². The van der Waals surface area contributed by atoms with Crippen molar-refractivity contribution in [3.05, 3.63) is 46.7 Å². The molecule has 0 aliphatic heterocycles. The van der Waals surface area contributed by atoms with Crippen molar-refractivity contribution in [3.63, 3.8) is 0 Å². The van der Waals surface area contributed by atoms with Gasteiger partial charge < -0.3 is 16.4 Å². The second kappa shape index (κ2) is 7.20. The van der Waals surface area contributed by atoms with Crippen molar-refractivity contribution in [2.75, 3.05) is 10.6 Å². The van der Waals surface area contributed by atoms with Crippen LogP contribution in [0.1, 0.15) is 23.5 Å². The molecule has 2 atom stereocenters. The van der Waals surface area contributed by atoms with Gasteiger partial charge in [0.15, 0.2) is 0 Å². The molecule has 1 aromatic heterocycles. The first-order chi connectivity index (χ1) is 10.5. The first-order valence-corrected chi connectivity index (χ1v) is 7.86. The van der Waals surface area contributed by atoms with Crippen LogP contribution in [0.15, 0.2) is 41.8 Å². The average Bonchev–Trinajstić information content (AvgIpc) is 3.01. The van der Waals surface area contributed by atoms with Gasteiger partial charge in [0.05, 0.1) is 10.8 Å². The second-order valence-electron chi connectivity index (χ2n) is 5.15. The maximum Gasteiger partial charge on any atom is 0.265 e. The van der Waals surface area contributed by atoms with Gasteiger partial charge in [-0.05, 0) is 36.6 Å². The quantitative estimate of drug-likeness (QED) is 0.792. The minimum atomic E-state index is -0.288. The lowest BCUT2D eigenvalue weighted by molar-refractivity contribution is -0.119. The normalized spacial score (nSPS) is 13.2. The molecule has 0 spiro atoms. The topological polar surface area (TPSA) is 84.2 Å². The van der Waals surface area contributed by atoms with Crippen LogP contribution in [0.2, 0.25) is 0 Å². The molecule has 1 aromatic carbocycles. The van der Waals surface area contributed by atoms with Crippen molar-refractivity contribution in [1.82, 2.24) is 0 Å². The van der Waals surface area contributed by atoms with E-state index in [1.54, 1.807) is 44.2 Å². The van der Waals surface area contributed by atoms with Crippen molar-refractivity contribution in [2.45, 2.75) is 19.9 Å². The lowest BCUT2D eigenvalue weighted by Gasteiger charge is -2.15. The molecule has 0 aliphatic rings. The van der Waals surface area contributed by atoms with Crippen molar-refractivity contribution < 1.29 is 9.59 Å². The molecule has 116 valence electrons. The zero-order chi connectivity index (χ0) is 16.1. The lowest BCUT2D eigenvalue weighted by Crippen LogP contribution is -2.34. The molecule has 1 heterocycles. The highest BCUT2D eigenvalue weighted by Crippen LogP contribution is 2.18. The Morgan fingerprint density at radius 1 is 1.09 bits per heavy atom. The molecular weight excluding hydrogens is 298 g/mol. The minimum Gasteiger partial charge on any atom is -0.327 e. The number of carbonyl (C=O) groups excluding carboxylic acids is 2. The summed E-state index contributed by atoms with van der Waals surface area (Å²) in [4.78, 5) is 24.6. The fraction of sp³-hybridized carbons (Fsp3) is 0.250. The zero-order valence-corrected chi connectivity index (χ0v) is 13.3. The number of benzene rings is 1. The Hall–Kier alpha value is -2.18. The second-order valence-corrected chi connectivity index (χ2v) is 6.10. The summed E-state index contributed by atoms with van der Waals surface area (Å²) in [5.74, 6) is -0.594. The Morgan fingerprint density at radius 3 is 2.36 bits per heavy atom. The summed E-state index contributed by atoms with van der Waals surface area (Å²) in [5, 5.41) is 7.46. The molecule has 5 nitrogen and oxygen atoms in total. The third kappa shape index (κ3) is 4.16. The van der Waals surface area contributed by atoms with E-state index in [4.69, 9.17) is 5.73 Å². The first kappa shape index (κ1) is 16.2. The van der Waals surface area contributed by atoms with Crippen LogP contribution in [0.25, 0.3) is 0 Å². The van der Waals surface area contributed by atoms with Crippen LogP contribution >= 0.6 is 11.3 Å². The lowest BCUT2D eigenvalue weighted by atomic mass is 10.0. The predicted molar refractivity (Wildman–Crippen MR) is 90.2 cm³/mol. The van der Waals surface area contributed by atoms with Gasteiger partial charge in [0.25, 0.3) is 5.91 Å². The van der Waals surface area contributed by atoms with Gasteiger partial charge in [-0.15, -0.1) is 11.3 Å². The fourth-order valence-electron chi connectivity index (χ4n) is 1.77. The van der Waals surface area contributed by atoms with Crippen molar-refractivity contribution >= 4 is 34.5 Å². The molecule has 0 fully saturated rings. The molecule has 22 heavy (non-hydrogen) atoms. The van der Waals surface area contributed by atoms with E-state index in [2.05, 4.69) is 10.6 Å². The molecule has 6 heteroatoms. The number of hydrogen-bond acceptors (Lipinski definition) is 4. The SMILES string of the molecule is CC(N)C(C)C(=O)Nc1cccc(NC(=O)c2cccs2)c1. The monoisotopic (exact) mass is 317 g/mol. The molecule has 0 bridgehead atoms. The summed E-state index contributed by atoms with van der Waals surface area (Å²) in [6.07, 6.45) is 0. The van der Waals surface area contributed by atoms with E-state index < -0.39 is 0 Å². The molecule has 0 saturated carbocycles. The molecular formula is C16H19N3O2S. The number of carbonyl (C=O) groups is 2. The number of amides is 2. The highest BCUT2D eigenvalue weighted by molar-refractivity contribution is 7.12. The maximum absolute atomic E-state index is 12.0. The van der Waals surface area contributed by atoms with Gasteiger partial charge in [0.1, 0.15) is 0 Å². The minimum absolute atomic E-state index is 0.142. The molecule has 2 amide bonds. The van der Waals surface area contributed by atoms with Crippen molar-refractivity contribution in [2.24, 2.45) is 11.7 Å². The van der Waals surface area contributed by atoms with E-state index in [0.29, 0.717) is 16.3 Å². The first-order valence-electron chi connectivity index (χ1n) is 6.98. The van der Waals surface area contributed by atoms with Crippen LogP contribution < -0.4 is 16.4 Å². The zero-order valence-electron chi connectivity index (χ0n) is 12.5. The Kier molecular flexibility index (Phi) is 5.30. The summed E-state index contributed by atoms with van der Waals surface area (Å²) in [7, 11) is 0. The van der Waals surface area contributed by atoms with Gasteiger partial charge >= 0.3 is 0 Å². The van der Waals surface area contributed by atoms with E-state index in [9.17, 15) is 9.59 Å². The molecule has 0 saturated heterocycles. The van der Waals surface area contributed by atoms with Crippen LogP contribution in [-0.2, 0) is 4.79 Å². The number of hydrogen-bond donors (Lipinski definition) is 3. The standard InChI is InChI=1S/C16H19N3O2S/c1-10(11(2)17)15(20)18-12-5-3-6-13(9-12)19-16(21)14-7-4-8-22-14/h3-11H,17H2,1-2H3,(H,18,20)(H,19,21). The van der Waals surface area contributed by atoms with E-state index in [0.717, 1.165) is 0 Å². The smallest absolute Gasteiger partial charge is 0.265 e. The third-order valence-corrected chi connectivity index (χ3v) is 4.20. The maximum atomic E-state index is 12.0. The Morgan fingerprint density at radius 2 is 1.77 bits per heavy atom. The average molecular weight is 317 g/mol. The van der Waals surface area contributed by atoms with Crippen LogP contribution in [0, 0.1) is 5.92 Å². The highest BCUT2D eigenvalue weighted by Gasteiger charge is 2.17. The summed E-state index contributed by atoms with van der Waals surface area (Å²) in [6.45, 7) is 3.57.